The predicted octanol–water partition coefficient (Wildman–Crippen LogP) is 2.43. The van der Waals surface area contributed by atoms with E-state index < -0.39 is 0 Å². The van der Waals surface area contributed by atoms with E-state index >= 15 is 0 Å². The molecule has 0 bridgehead atoms. The molecule has 1 fully saturated rings. The summed E-state index contributed by atoms with van der Waals surface area (Å²) in [6, 6.07) is 15.8. The minimum absolute atomic E-state index is 0.0258. The van der Waals surface area contributed by atoms with Crippen LogP contribution in [-0.4, -0.2) is 52.0 Å². The molecule has 6 nitrogen and oxygen atoms in total. The summed E-state index contributed by atoms with van der Waals surface area (Å²) in [6.07, 6.45) is 1.95. The predicted molar refractivity (Wildman–Crippen MR) is 94.3 cm³/mol. The molecule has 1 unspecified atom stereocenters. The van der Waals surface area contributed by atoms with Crippen molar-refractivity contribution in [3.63, 3.8) is 0 Å². The van der Waals surface area contributed by atoms with Gasteiger partial charge < -0.3 is 9.64 Å². The molecule has 1 aliphatic rings. The van der Waals surface area contributed by atoms with Gasteiger partial charge in [-0.25, -0.2) is 0 Å². The van der Waals surface area contributed by atoms with Gasteiger partial charge in [0.05, 0.1) is 12.7 Å². The van der Waals surface area contributed by atoms with Crippen molar-refractivity contribution in [2.75, 3.05) is 19.7 Å². The minimum atomic E-state index is 0.0258. The molecule has 25 heavy (non-hydrogen) atoms. The first kappa shape index (κ1) is 15.8. The van der Waals surface area contributed by atoms with Crippen LogP contribution in [0, 0.1) is 0 Å². The summed E-state index contributed by atoms with van der Waals surface area (Å²) in [4.78, 5) is 14.7. The second-order valence-electron chi connectivity index (χ2n) is 6.30. The molecule has 0 radical (unpaired) electrons. The van der Waals surface area contributed by atoms with Crippen molar-refractivity contribution in [3.8, 4) is 0 Å². The summed E-state index contributed by atoms with van der Waals surface area (Å²) in [7, 11) is 0. The number of hydrogen-bond acceptors (Lipinski definition) is 4. The topological polar surface area (TPSA) is 71.1 Å². The number of hydrogen-bond donors (Lipinski definition) is 1. The SMILES string of the molecule is O=C(c1ccc2n[nH]nc2c1)N1CCOC(CCc2ccccc2)C1. The highest BCUT2D eigenvalue weighted by molar-refractivity contribution is 5.97. The standard InChI is InChI=1S/C19H20N4O2/c24-19(15-7-9-17-18(12-15)21-22-20-17)23-10-11-25-16(13-23)8-6-14-4-2-1-3-5-14/h1-5,7,9,12,16H,6,8,10-11,13H2,(H,20,21,22). The maximum atomic E-state index is 12.8. The summed E-state index contributed by atoms with van der Waals surface area (Å²) in [5, 5.41) is 10.6. The van der Waals surface area contributed by atoms with Crippen molar-refractivity contribution in [2.24, 2.45) is 0 Å². The number of fused-ring (bicyclic) bond motifs is 1. The maximum Gasteiger partial charge on any atom is 0.254 e. The number of amides is 1. The Hall–Kier alpha value is -2.73. The Morgan fingerprint density at radius 3 is 2.88 bits per heavy atom. The number of nitrogens with one attached hydrogen (secondary N) is 1. The van der Waals surface area contributed by atoms with Crippen molar-refractivity contribution in [2.45, 2.75) is 18.9 Å². The monoisotopic (exact) mass is 336 g/mol. The number of rotatable bonds is 4. The van der Waals surface area contributed by atoms with Crippen molar-refractivity contribution in [1.29, 1.82) is 0 Å². The highest BCUT2D eigenvalue weighted by Gasteiger charge is 2.25. The van der Waals surface area contributed by atoms with E-state index in [4.69, 9.17) is 4.74 Å². The van der Waals surface area contributed by atoms with E-state index in [2.05, 4.69) is 27.5 Å². The molecule has 0 saturated carbocycles. The van der Waals surface area contributed by atoms with Crippen LogP contribution in [0.4, 0.5) is 0 Å². The van der Waals surface area contributed by atoms with Gasteiger partial charge in [0.15, 0.2) is 0 Å². The average Bonchev–Trinajstić information content (AvgIpc) is 3.14. The van der Waals surface area contributed by atoms with Gasteiger partial charge in [-0.05, 0) is 36.6 Å². The third kappa shape index (κ3) is 3.53. The molecule has 0 spiro atoms. The van der Waals surface area contributed by atoms with Crippen LogP contribution in [0.25, 0.3) is 11.0 Å². The van der Waals surface area contributed by atoms with E-state index in [-0.39, 0.29) is 12.0 Å². The van der Waals surface area contributed by atoms with Gasteiger partial charge in [-0.3, -0.25) is 4.79 Å². The minimum Gasteiger partial charge on any atom is -0.375 e. The summed E-state index contributed by atoms with van der Waals surface area (Å²) < 4.78 is 5.85. The fourth-order valence-electron chi connectivity index (χ4n) is 3.21. The molecule has 2 heterocycles. The number of aromatic nitrogens is 3. The van der Waals surface area contributed by atoms with Gasteiger partial charge in [-0.15, -0.1) is 0 Å². The fraction of sp³-hybridized carbons (Fsp3) is 0.316. The van der Waals surface area contributed by atoms with Crippen LogP contribution in [0.5, 0.6) is 0 Å². The number of carbonyl (C=O) groups is 1. The normalized spacial score (nSPS) is 17.8. The smallest absolute Gasteiger partial charge is 0.254 e. The number of nitrogens with zero attached hydrogens (tertiary/aromatic N) is 3. The van der Waals surface area contributed by atoms with Crippen molar-refractivity contribution in [1.82, 2.24) is 20.3 Å². The summed E-state index contributed by atoms with van der Waals surface area (Å²) in [5.41, 5.74) is 3.41. The molecule has 1 aliphatic heterocycles. The second-order valence-corrected chi connectivity index (χ2v) is 6.30. The van der Waals surface area contributed by atoms with E-state index in [1.54, 1.807) is 6.07 Å². The number of morpholine rings is 1. The van der Waals surface area contributed by atoms with E-state index in [9.17, 15) is 4.79 Å². The number of H-pyrrole nitrogens is 1. The van der Waals surface area contributed by atoms with Crippen LogP contribution in [-0.2, 0) is 11.2 Å². The first-order valence-corrected chi connectivity index (χ1v) is 8.55. The molecule has 0 aliphatic carbocycles. The van der Waals surface area contributed by atoms with Gasteiger partial charge in [0.25, 0.3) is 5.91 Å². The highest BCUT2D eigenvalue weighted by atomic mass is 16.5. The number of aromatic amines is 1. The molecule has 2 aromatic carbocycles. The lowest BCUT2D eigenvalue weighted by molar-refractivity contribution is -0.0245. The third-order valence-corrected chi connectivity index (χ3v) is 4.59. The van der Waals surface area contributed by atoms with E-state index in [1.807, 2.05) is 35.2 Å². The van der Waals surface area contributed by atoms with E-state index in [1.165, 1.54) is 5.56 Å². The third-order valence-electron chi connectivity index (χ3n) is 4.59. The maximum absolute atomic E-state index is 12.8. The number of carbonyl (C=O) groups excluding carboxylic acids is 1. The Bertz CT molecular complexity index is 862. The number of ether oxygens (including phenoxy) is 1. The van der Waals surface area contributed by atoms with Crippen molar-refractivity contribution in [3.05, 3.63) is 59.7 Å². The van der Waals surface area contributed by atoms with Gasteiger partial charge in [0, 0.05) is 18.7 Å². The second kappa shape index (κ2) is 7.03. The van der Waals surface area contributed by atoms with Gasteiger partial charge in [-0.2, -0.15) is 15.4 Å². The first-order chi connectivity index (χ1) is 12.3. The van der Waals surface area contributed by atoms with Crippen LogP contribution in [0.2, 0.25) is 0 Å². The van der Waals surface area contributed by atoms with Crippen LogP contribution in [0.3, 0.4) is 0 Å². The van der Waals surface area contributed by atoms with Crippen LogP contribution >= 0.6 is 0 Å². The van der Waals surface area contributed by atoms with Crippen LogP contribution in [0.15, 0.2) is 48.5 Å². The molecule has 4 rings (SSSR count). The molecule has 1 amide bonds. The summed E-state index contributed by atoms with van der Waals surface area (Å²) >= 11 is 0. The quantitative estimate of drug-likeness (QED) is 0.794. The van der Waals surface area contributed by atoms with Gasteiger partial charge in [-0.1, -0.05) is 30.3 Å². The molecule has 3 aromatic rings. The Labute approximate surface area is 145 Å². The molecular formula is C19H20N4O2. The van der Waals surface area contributed by atoms with Gasteiger partial charge in [0.2, 0.25) is 0 Å². The molecular weight excluding hydrogens is 316 g/mol. The number of aryl methyl sites for hydroxylation is 1. The molecule has 1 saturated heterocycles. The van der Waals surface area contributed by atoms with Crippen molar-refractivity contribution < 1.29 is 9.53 Å². The Balaban J connectivity index is 1.40. The Kier molecular flexibility index (Phi) is 4.43. The summed E-state index contributed by atoms with van der Waals surface area (Å²) in [5.74, 6) is 0.0258. The molecule has 6 heteroatoms. The van der Waals surface area contributed by atoms with Crippen LogP contribution in [0.1, 0.15) is 22.3 Å². The lowest BCUT2D eigenvalue weighted by atomic mass is 10.1. The highest BCUT2D eigenvalue weighted by Crippen LogP contribution is 2.17. The van der Waals surface area contributed by atoms with Crippen LogP contribution < -0.4 is 0 Å². The Morgan fingerprint density at radius 1 is 1.16 bits per heavy atom. The molecule has 1 N–H and O–H groups in total. The first-order valence-electron chi connectivity index (χ1n) is 8.55. The van der Waals surface area contributed by atoms with E-state index in [0.717, 1.165) is 18.4 Å². The molecule has 128 valence electrons. The van der Waals surface area contributed by atoms with Gasteiger partial charge in [0.1, 0.15) is 11.0 Å². The lowest BCUT2D eigenvalue weighted by Crippen LogP contribution is -2.45. The number of benzene rings is 2. The van der Waals surface area contributed by atoms with Gasteiger partial charge >= 0.3 is 0 Å². The average molecular weight is 336 g/mol. The Morgan fingerprint density at radius 2 is 2.00 bits per heavy atom. The summed E-state index contributed by atoms with van der Waals surface area (Å²) in [6.45, 7) is 1.83. The molecule has 1 atom stereocenters. The molecule has 1 aromatic heterocycles. The zero-order valence-corrected chi connectivity index (χ0v) is 13.9. The zero-order chi connectivity index (χ0) is 17.1. The fourth-order valence-corrected chi connectivity index (χ4v) is 3.21. The zero-order valence-electron chi connectivity index (χ0n) is 13.9. The van der Waals surface area contributed by atoms with Crippen molar-refractivity contribution >= 4 is 16.9 Å². The lowest BCUT2D eigenvalue weighted by Gasteiger charge is -2.33. The van der Waals surface area contributed by atoms with E-state index in [0.29, 0.717) is 30.8 Å². The largest absolute Gasteiger partial charge is 0.375 e.